The van der Waals surface area contributed by atoms with Crippen molar-refractivity contribution in [2.75, 3.05) is 44.1 Å². The Hall–Kier alpha value is -1.40. The Labute approximate surface area is 115 Å². The van der Waals surface area contributed by atoms with Crippen LogP contribution in [0.3, 0.4) is 0 Å². The molecule has 0 radical (unpaired) electrons. The normalized spacial score (nSPS) is 17.0. The van der Waals surface area contributed by atoms with Crippen molar-refractivity contribution in [2.45, 2.75) is 19.8 Å². The van der Waals surface area contributed by atoms with Gasteiger partial charge in [0.2, 0.25) is 5.95 Å². The van der Waals surface area contributed by atoms with E-state index < -0.39 is 0 Å². The lowest BCUT2D eigenvalue weighted by Gasteiger charge is -2.34. The fraction of sp³-hybridized carbons (Fsp3) is 0.692. The van der Waals surface area contributed by atoms with Crippen LogP contribution in [0.5, 0.6) is 0 Å². The Morgan fingerprint density at radius 2 is 2.05 bits per heavy atom. The van der Waals surface area contributed by atoms with Gasteiger partial charge in [-0.1, -0.05) is 0 Å². The number of hydrogen-bond donors (Lipinski definition) is 2. The van der Waals surface area contributed by atoms with E-state index in [-0.39, 0.29) is 0 Å². The maximum absolute atomic E-state index is 5.39. The van der Waals surface area contributed by atoms with Crippen LogP contribution in [0.1, 0.15) is 18.5 Å². The summed E-state index contributed by atoms with van der Waals surface area (Å²) in [4.78, 5) is 13.2. The van der Waals surface area contributed by atoms with E-state index in [1.807, 2.05) is 13.0 Å². The summed E-state index contributed by atoms with van der Waals surface area (Å²) < 4.78 is 0. The third-order valence-corrected chi connectivity index (χ3v) is 3.53. The molecule has 1 aromatic heterocycles. The van der Waals surface area contributed by atoms with E-state index >= 15 is 0 Å². The van der Waals surface area contributed by atoms with Crippen molar-refractivity contribution in [3.8, 4) is 0 Å². The molecule has 0 aromatic carbocycles. The van der Waals surface area contributed by atoms with Gasteiger partial charge in [-0.15, -0.1) is 0 Å². The smallest absolute Gasteiger partial charge is 0.239 e. The highest BCUT2D eigenvalue weighted by Crippen LogP contribution is 2.23. The number of aromatic nitrogens is 2. The summed E-state index contributed by atoms with van der Waals surface area (Å²) in [6.07, 6.45) is 2.43. The number of nitrogens with two attached hydrogens (primary N) is 1. The van der Waals surface area contributed by atoms with E-state index in [4.69, 9.17) is 5.84 Å². The number of hydrogen-bond acceptors (Lipinski definition) is 6. The second-order valence-corrected chi connectivity index (χ2v) is 5.53. The summed E-state index contributed by atoms with van der Waals surface area (Å²) in [5, 5.41) is 0. The van der Waals surface area contributed by atoms with E-state index in [0.29, 0.717) is 5.95 Å². The average molecular weight is 264 g/mol. The van der Waals surface area contributed by atoms with Crippen LogP contribution >= 0.6 is 0 Å². The Morgan fingerprint density at radius 1 is 1.37 bits per heavy atom. The highest BCUT2D eigenvalue weighted by molar-refractivity contribution is 5.44. The lowest BCUT2D eigenvalue weighted by atomic mass is 9.96. The Morgan fingerprint density at radius 3 is 2.63 bits per heavy atom. The number of hydrazine groups is 1. The van der Waals surface area contributed by atoms with Gasteiger partial charge in [0.05, 0.1) is 0 Å². The Bertz CT molecular complexity index is 412. The maximum Gasteiger partial charge on any atom is 0.239 e. The van der Waals surface area contributed by atoms with E-state index in [0.717, 1.165) is 30.5 Å². The van der Waals surface area contributed by atoms with Crippen LogP contribution in [0.25, 0.3) is 0 Å². The zero-order chi connectivity index (χ0) is 13.8. The molecular formula is C13H24N6. The molecule has 1 aliphatic rings. The van der Waals surface area contributed by atoms with Crippen molar-refractivity contribution in [1.82, 2.24) is 14.9 Å². The SMILES string of the molecule is Cc1cc(N2CCC(CN(C)C)CC2)nc(NN)n1. The number of rotatable bonds is 4. The van der Waals surface area contributed by atoms with Gasteiger partial charge in [0.15, 0.2) is 0 Å². The molecule has 0 aliphatic carbocycles. The first-order valence-electron chi connectivity index (χ1n) is 6.80. The van der Waals surface area contributed by atoms with Crippen LogP contribution in [0.2, 0.25) is 0 Å². The number of nitrogen functional groups attached to an aromatic ring is 1. The first kappa shape index (κ1) is 14.0. The molecule has 0 atom stereocenters. The molecule has 1 fully saturated rings. The van der Waals surface area contributed by atoms with Crippen molar-refractivity contribution in [3.05, 3.63) is 11.8 Å². The Balaban J connectivity index is 1.99. The molecule has 2 heterocycles. The van der Waals surface area contributed by atoms with Gasteiger partial charge >= 0.3 is 0 Å². The summed E-state index contributed by atoms with van der Waals surface area (Å²) >= 11 is 0. The molecule has 6 heteroatoms. The molecule has 6 nitrogen and oxygen atoms in total. The van der Waals surface area contributed by atoms with E-state index in [9.17, 15) is 0 Å². The second kappa shape index (κ2) is 6.16. The highest BCUT2D eigenvalue weighted by Gasteiger charge is 2.21. The molecule has 0 spiro atoms. The number of anilines is 2. The second-order valence-electron chi connectivity index (χ2n) is 5.53. The van der Waals surface area contributed by atoms with Crippen LogP contribution < -0.4 is 16.2 Å². The van der Waals surface area contributed by atoms with Gasteiger partial charge < -0.3 is 9.80 Å². The first-order chi connectivity index (χ1) is 9.08. The van der Waals surface area contributed by atoms with Crippen molar-refractivity contribution in [1.29, 1.82) is 0 Å². The number of piperidine rings is 1. The van der Waals surface area contributed by atoms with Gasteiger partial charge in [0.1, 0.15) is 5.82 Å². The third kappa shape index (κ3) is 3.78. The fourth-order valence-electron chi connectivity index (χ4n) is 2.64. The molecule has 1 saturated heterocycles. The van der Waals surface area contributed by atoms with Gasteiger partial charge in [-0.25, -0.2) is 10.8 Å². The lowest BCUT2D eigenvalue weighted by Crippen LogP contribution is -2.37. The van der Waals surface area contributed by atoms with E-state index in [1.165, 1.54) is 19.4 Å². The maximum atomic E-state index is 5.39. The molecule has 0 bridgehead atoms. The zero-order valence-electron chi connectivity index (χ0n) is 12.1. The lowest BCUT2D eigenvalue weighted by molar-refractivity contribution is 0.284. The molecule has 106 valence electrons. The first-order valence-corrected chi connectivity index (χ1v) is 6.80. The van der Waals surface area contributed by atoms with Gasteiger partial charge in [0, 0.05) is 31.4 Å². The van der Waals surface area contributed by atoms with Gasteiger partial charge in [0.25, 0.3) is 0 Å². The van der Waals surface area contributed by atoms with Crippen molar-refractivity contribution in [2.24, 2.45) is 11.8 Å². The molecule has 1 aliphatic heterocycles. The minimum atomic E-state index is 0.491. The molecule has 3 N–H and O–H groups in total. The summed E-state index contributed by atoms with van der Waals surface area (Å²) in [5.74, 6) is 7.65. The summed E-state index contributed by atoms with van der Waals surface area (Å²) in [5.41, 5.74) is 3.46. The summed E-state index contributed by atoms with van der Waals surface area (Å²) in [6, 6.07) is 2.02. The topological polar surface area (TPSA) is 70.3 Å². The average Bonchev–Trinajstić information content (AvgIpc) is 2.38. The minimum absolute atomic E-state index is 0.491. The quantitative estimate of drug-likeness (QED) is 0.620. The monoisotopic (exact) mass is 264 g/mol. The molecule has 1 aromatic rings. The highest BCUT2D eigenvalue weighted by atomic mass is 15.3. The molecule has 0 unspecified atom stereocenters. The summed E-state index contributed by atoms with van der Waals surface area (Å²) in [7, 11) is 4.28. The van der Waals surface area contributed by atoms with Crippen LogP contribution in [0.4, 0.5) is 11.8 Å². The van der Waals surface area contributed by atoms with E-state index in [1.54, 1.807) is 0 Å². The zero-order valence-corrected chi connectivity index (χ0v) is 12.1. The number of nitrogens with one attached hydrogen (secondary N) is 1. The largest absolute Gasteiger partial charge is 0.356 e. The molecular weight excluding hydrogens is 240 g/mol. The molecule has 0 amide bonds. The van der Waals surface area contributed by atoms with Gasteiger partial charge in [-0.2, -0.15) is 4.98 Å². The number of aryl methyl sites for hydroxylation is 1. The van der Waals surface area contributed by atoms with E-state index in [2.05, 4.69) is 39.3 Å². The molecule has 2 rings (SSSR count). The summed E-state index contributed by atoms with van der Waals surface area (Å²) in [6.45, 7) is 5.25. The van der Waals surface area contributed by atoms with Crippen LogP contribution in [0, 0.1) is 12.8 Å². The van der Waals surface area contributed by atoms with Gasteiger partial charge in [-0.05, 0) is 39.8 Å². The third-order valence-electron chi connectivity index (χ3n) is 3.53. The number of nitrogens with zero attached hydrogens (tertiary/aromatic N) is 4. The molecule has 0 saturated carbocycles. The standard InChI is InChI=1S/C13H24N6/c1-10-8-12(16-13(15-10)17-14)19-6-4-11(5-7-19)9-18(2)3/h8,11H,4-7,9,14H2,1-3H3,(H,15,16,17). The minimum Gasteiger partial charge on any atom is -0.356 e. The van der Waals surface area contributed by atoms with Crippen LogP contribution in [0.15, 0.2) is 6.07 Å². The Kier molecular flexibility index (Phi) is 4.55. The predicted molar refractivity (Wildman–Crippen MR) is 78.1 cm³/mol. The molecule has 19 heavy (non-hydrogen) atoms. The van der Waals surface area contributed by atoms with Crippen molar-refractivity contribution < 1.29 is 0 Å². The van der Waals surface area contributed by atoms with Crippen molar-refractivity contribution >= 4 is 11.8 Å². The van der Waals surface area contributed by atoms with Crippen LogP contribution in [-0.2, 0) is 0 Å². The van der Waals surface area contributed by atoms with Crippen molar-refractivity contribution in [3.63, 3.8) is 0 Å². The van der Waals surface area contributed by atoms with Crippen LogP contribution in [-0.4, -0.2) is 48.6 Å². The van der Waals surface area contributed by atoms with Gasteiger partial charge in [-0.3, -0.25) is 5.43 Å². The fourth-order valence-corrected chi connectivity index (χ4v) is 2.64. The predicted octanol–water partition coefficient (Wildman–Crippen LogP) is 0.849.